The highest BCUT2D eigenvalue weighted by Gasteiger charge is 2.33. The molecule has 2 nitrogen and oxygen atoms in total. The molecule has 0 bridgehead atoms. The highest BCUT2D eigenvalue weighted by molar-refractivity contribution is 7.19. The molecule has 3 heterocycles. The first kappa shape index (κ1) is 26.0. The second-order valence-electron chi connectivity index (χ2n) is 13.2. The van der Waals surface area contributed by atoms with Gasteiger partial charge >= 0.3 is 0 Å². The van der Waals surface area contributed by atoms with Gasteiger partial charge in [-0.25, -0.2) is 0 Å². The van der Waals surface area contributed by atoms with Gasteiger partial charge in [0.15, 0.2) is 0 Å². The van der Waals surface area contributed by atoms with E-state index in [9.17, 15) is 0 Å². The number of hydrogen-bond donors (Lipinski definition) is 0. The summed E-state index contributed by atoms with van der Waals surface area (Å²) in [7, 11) is 0. The lowest BCUT2D eigenvalue weighted by atomic mass is 9.82. The van der Waals surface area contributed by atoms with Crippen molar-refractivity contribution in [2.75, 3.05) is 0 Å². The van der Waals surface area contributed by atoms with Crippen LogP contribution in [0.4, 0.5) is 0 Å². The van der Waals surface area contributed by atoms with Crippen LogP contribution in [0.2, 0.25) is 0 Å². The molecule has 2 aromatic carbocycles. The minimum atomic E-state index is -0.121. The van der Waals surface area contributed by atoms with Gasteiger partial charge in [-0.2, -0.15) is 0 Å². The van der Waals surface area contributed by atoms with E-state index in [1.165, 1.54) is 48.2 Å². The quantitative estimate of drug-likeness (QED) is 0.231. The maximum Gasteiger partial charge on any atom is 0.0713 e. The number of nitrogens with zero attached hydrogens (tertiary/aromatic N) is 2. The lowest BCUT2D eigenvalue weighted by molar-refractivity contribution is 0.596. The molecule has 5 aromatic rings. The minimum Gasteiger partial charge on any atom is -0.256 e. The minimum absolute atomic E-state index is 0.00777. The van der Waals surface area contributed by atoms with Gasteiger partial charge in [-0.15, -0.1) is 11.3 Å². The number of allylic oxidation sites excluding steroid dienone is 2. The fourth-order valence-electron chi connectivity index (χ4n) is 6.18. The summed E-state index contributed by atoms with van der Waals surface area (Å²) < 4.78 is 1.36. The Kier molecular flexibility index (Phi) is 6.07. The van der Waals surface area contributed by atoms with Crippen LogP contribution in [0.1, 0.15) is 77.1 Å². The average Bonchev–Trinajstić information content (AvgIpc) is 3.37. The number of fused-ring (bicyclic) bond motifs is 3. The van der Waals surface area contributed by atoms with E-state index in [0.717, 1.165) is 28.9 Å². The molecule has 0 radical (unpaired) electrons. The summed E-state index contributed by atoms with van der Waals surface area (Å²) in [5.74, 6) is 0.660. The van der Waals surface area contributed by atoms with Gasteiger partial charge in [-0.3, -0.25) is 9.97 Å². The van der Waals surface area contributed by atoms with Crippen molar-refractivity contribution >= 4 is 37.9 Å². The normalized spacial score (nSPS) is 14.8. The summed E-state index contributed by atoms with van der Waals surface area (Å²) in [5, 5.41) is 2.56. The third-order valence-electron chi connectivity index (χ3n) is 7.92. The van der Waals surface area contributed by atoms with Crippen LogP contribution in [-0.4, -0.2) is 9.97 Å². The van der Waals surface area contributed by atoms with Gasteiger partial charge in [0.25, 0.3) is 0 Å². The van der Waals surface area contributed by atoms with Crippen molar-refractivity contribution < 1.29 is 0 Å². The molecule has 198 valence electrons. The van der Waals surface area contributed by atoms with Crippen molar-refractivity contribution in [1.82, 2.24) is 9.97 Å². The zero-order valence-electron chi connectivity index (χ0n) is 24.4. The summed E-state index contributed by atoms with van der Waals surface area (Å²) in [4.78, 5) is 11.6. The number of benzene rings is 2. The largest absolute Gasteiger partial charge is 0.256 e. The Morgan fingerprint density at radius 2 is 1.74 bits per heavy atom. The summed E-state index contributed by atoms with van der Waals surface area (Å²) in [6.07, 6.45) is 5.40. The molecule has 3 heteroatoms. The van der Waals surface area contributed by atoms with Crippen molar-refractivity contribution in [2.45, 2.75) is 72.6 Å². The molecule has 0 spiro atoms. The van der Waals surface area contributed by atoms with E-state index < -0.39 is 0 Å². The molecule has 0 amide bonds. The van der Waals surface area contributed by atoms with Gasteiger partial charge in [-0.1, -0.05) is 72.7 Å². The molecule has 0 aliphatic heterocycles. The third-order valence-corrected chi connectivity index (χ3v) is 9.04. The molecule has 0 atom stereocenters. The van der Waals surface area contributed by atoms with Crippen LogP contribution in [0.3, 0.4) is 0 Å². The van der Waals surface area contributed by atoms with Gasteiger partial charge in [0.2, 0.25) is 0 Å². The molecule has 0 fully saturated rings. The molecular formula is C36H38N2S. The van der Waals surface area contributed by atoms with E-state index in [4.69, 9.17) is 9.97 Å². The number of pyridine rings is 2. The van der Waals surface area contributed by atoms with Gasteiger partial charge in [0.1, 0.15) is 0 Å². The van der Waals surface area contributed by atoms with E-state index in [-0.39, 0.29) is 10.8 Å². The Balaban J connectivity index is 1.59. The Labute approximate surface area is 236 Å². The summed E-state index contributed by atoms with van der Waals surface area (Å²) in [5.41, 5.74) is 10.6. The van der Waals surface area contributed by atoms with Crippen LogP contribution in [-0.2, 0) is 17.3 Å². The van der Waals surface area contributed by atoms with Gasteiger partial charge < -0.3 is 0 Å². The Hall–Kier alpha value is -3.30. The monoisotopic (exact) mass is 530 g/mol. The SMILES string of the molecule is CC1=CC(C)(C)c2nc(-c3cc(C(C)(C)C)c4cccnc4c3)cc(-c3ccc4cc(CC(C)C)sc4c3)c21. The molecule has 3 aromatic heterocycles. The summed E-state index contributed by atoms with van der Waals surface area (Å²) >= 11 is 1.94. The second kappa shape index (κ2) is 9.13. The molecule has 0 N–H and O–H groups in total. The lowest BCUT2D eigenvalue weighted by Gasteiger charge is -2.23. The predicted octanol–water partition coefficient (Wildman–Crippen LogP) is 10.4. The highest BCUT2D eigenvalue weighted by Crippen LogP contribution is 2.46. The van der Waals surface area contributed by atoms with Gasteiger partial charge in [0.05, 0.1) is 16.9 Å². The molecular weight excluding hydrogens is 492 g/mol. The van der Waals surface area contributed by atoms with Crippen LogP contribution < -0.4 is 0 Å². The van der Waals surface area contributed by atoms with E-state index in [0.29, 0.717) is 5.92 Å². The third kappa shape index (κ3) is 4.61. The Morgan fingerprint density at radius 1 is 0.949 bits per heavy atom. The molecule has 6 rings (SSSR count). The molecule has 0 saturated heterocycles. The molecule has 39 heavy (non-hydrogen) atoms. The summed E-state index contributed by atoms with van der Waals surface area (Å²) in [6, 6.07) is 20.5. The first-order chi connectivity index (χ1) is 18.4. The molecule has 0 saturated carbocycles. The lowest BCUT2D eigenvalue weighted by Crippen LogP contribution is -2.15. The zero-order valence-corrected chi connectivity index (χ0v) is 25.3. The van der Waals surface area contributed by atoms with E-state index in [1.54, 1.807) is 0 Å². The maximum atomic E-state index is 5.36. The fraction of sp³-hybridized carbons (Fsp3) is 0.333. The van der Waals surface area contributed by atoms with Crippen molar-refractivity contribution in [1.29, 1.82) is 0 Å². The number of aromatic nitrogens is 2. The molecule has 0 unspecified atom stereocenters. The number of hydrogen-bond acceptors (Lipinski definition) is 3. The van der Waals surface area contributed by atoms with Crippen LogP contribution in [0.5, 0.6) is 0 Å². The number of thiophene rings is 1. The van der Waals surface area contributed by atoms with Gasteiger partial charge in [-0.05, 0) is 88.7 Å². The Morgan fingerprint density at radius 3 is 2.49 bits per heavy atom. The first-order valence-electron chi connectivity index (χ1n) is 14.1. The van der Waals surface area contributed by atoms with Gasteiger partial charge in [0, 0.05) is 37.7 Å². The van der Waals surface area contributed by atoms with E-state index in [1.807, 2.05) is 23.6 Å². The van der Waals surface area contributed by atoms with Crippen LogP contribution >= 0.6 is 11.3 Å². The van der Waals surface area contributed by atoms with Crippen LogP contribution in [0.25, 0.3) is 48.9 Å². The van der Waals surface area contributed by atoms with Crippen molar-refractivity contribution in [3.05, 3.63) is 88.6 Å². The van der Waals surface area contributed by atoms with E-state index in [2.05, 4.69) is 110 Å². The summed E-state index contributed by atoms with van der Waals surface area (Å²) in [6.45, 7) is 18.2. The van der Waals surface area contributed by atoms with E-state index >= 15 is 0 Å². The predicted molar refractivity (Wildman–Crippen MR) is 170 cm³/mol. The fourth-order valence-corrected chi connectivity index (χ4v) is 7.49. The van der Waals surface area contributed by atoms with Crippen molar-refractivity contribution in [2.24, 2.45) is 5.92 Å². The Bertz CT molecular complexity index is 1780. The second-order valence-corrected chi connectivity index (χ2v) is 14.4. The first-order valence-corrected chi connectivity index (χ1v) is 14.9. The smallest absolute Gasteiger partial charge is 0.0713 e. The highest BCUT2D eigenvalue weighted by atomic mass is 32.1. The van der Waals surface area contributed by atoms with Crippen molar-refractivity contribution in [3.8, 4) is 22.4 Å². The zero-order chi connectivity index (χ0) is 27.7. The average molecular weight is 531 g/mol. The topological polar surface area (TPSA) is 25.8 Å². The van der Waals surface area contributed by atoms with Crippen LogP contribution in [0.15, 0.2) is 66.9 Å². The number of rotatable bonds is 4. The molecule has 1 aliphatic carbocycles. The maximum absolute atomic E-state index is 5.36. The molecule has 1 aliphatic rings. The van der Waals surface area contributed by atoms with Crippen molar-refractivity contribution in [3.63, 3.8) is 0 Å². The standard InChI is InChI=1S/C36H38N2S/c1-21(2)14-26-15-24-12-11-23(18-32(24)39-26)28-19-30(38-34-33(28)22(3)20-36(34,7)8)25-16-29(35(4,5)6)27-10-9-13-37-31(27)17-25/h9-13,15-21H,14H2,1-8H3. The van der Waals surface area contributed by atoms with Crippen LogP contribution in [0, 0.1) is 5.92 Å².